The van der Waals surface area contributed by atoms with Crippen molar-refractivity contribution in [2.24, 2.45) is 17.8 Å². The van der Waals surface area contributed by atoms with Gasteiger partial charge in [-0.1, -0.05) is 395 Å². The van der Waals surface area contributed by atoms with Gasteiger partial charge in [0.25, 0.3) is 0 Å². The van der Waals surface area contributed by atoms with Crippen molar-refractivity contribution in [1.82, 2.24) is 0 Å². The zero-order valence-electron chi connectivity index (χ0n) is 68.5. The summed E-state index contributed by atoms with van der Waals surface area (Å²) >= 11 is 0. The van der Waals surface area contributed by atoms with Crippen LogP contribution < -0.4 is 0 Å². The minimum atomic E-state index is -4.97. The number of aliphatic hydroxyl groups is 1. The van der Waals surface area contributed by atoms with E-state index in [1.165, 1.54) is 257 Å². The summed E-state index contributed by atoms with van der Waals surface area (Å²) in [6, 6.07) is 0. The third-order valence-electron chi connectivity index (χ3n) is 19.9. The van der Waals surface area contributed by atoms with E-state index < -0.39 is 97.5 Å². The van der Waals surface area contributed by atoms with Crippen molar-refractivity contribution in [3.63, 3.8) is 0 Å². The van der Waals surface area contributed by atoms with Gasteiger partial charge in [0.15, 0.2) is 12.2 Å². The topological polar surface area (TPSA) is 237 Å². The smallest absolute Gasteiger partial charge is 0.462 e. The van der Waals surface area contributed by atoms with Crippen LogP contribution in [0.2, 0.25) is 0 Å². The molecule has 0 aromatic heterocycles. The van der Waals surface area contributed by atoms with Crippen LogP contribution in [-0.4, -0.2) is 96.7 Å². The number of hydrogen-bond donors (Lipinski definition) is 3. The lowest BCUT2D eigenvalue weighted by molar-refractivity contribution is -0.161. The summed E-state index contributed by atoms with van der Waals surface area (Å²) < 4.78 is 68.9. The summed E-state index contributed by atoms with van der Waals surface area (Å²) in [4.78, 5) is 73.2. The highest BCUT2D eigenvalue weighted by Gasteiger charge is 2.30. The van der Waals surface area contributed by atoms with Crippen LogP contribution in [0.4, 0.5) is 0 Å². The zero-order chi connectivity index (χ0) is 76.5. The quantitative estimate of drug-likeness (QED) is 0.0222. The Labute approximate surface area is 638 Å². The third kappa shape index (κ3) is 78.2. The van der Waals surface area contributed by atoms with Gasteiger partial charge in [0.05, 0.1) is 26.4 Å². The fourth-order valence-corrected chi connectivity index (χ4v) is 14.8. The monoisotopic (exact) mass is 1520 g/mol. The Hall–Kier alpha value is -1.94. The molecule has 0 aliphatic rings. The highest BCUT2D eigenvalue weighted by atomic mass is 31.2. The number of aliphatic hydroxyl groups excluding tert-OH is 1. The zero-order valence-corrected chi connectivity index (χ0v) is 70.3. The molecule has 0 bridgehead atoms. The lowest BCUT2D eigenvalue weighted by Crippen LogP contribution is -2.30. The molecule has 5 atom stereocenters. The molecule has 2 unspecified atom stereocenters. The number of rotatable bonds is 83. The first-order valence-corrected chi connectivity index (χ1v) is 46.8. The van der Waals surface area contributed by atoms with E-state index in [1.54, 1.807) is 0 Å². The minimum absolute atomic E-state index is 0.108. The van der Waals surface area contributed by atoms with Crippen LogP contribution in [0, 0.1) is 17.8 Å². The second kappa shape index (κ2) is 75.1. The first-order chi connectivity index (χ1) is 50.2. The van der Waals surface area contributed by atoms with Crippen LogP contribution in [-0.2, 0) is 65.4 Å². The number of carbonyl (C=O) groups excluding carboxylic acids is 4. The van der Waals surface area contributed by atoms with Crippen molar-refractivity contribution in [2.45, 2.75) is 465 Å². The molecule has 0 saturated heterocycles. The van der Waals surface area contributed by atoms with Gasteiger partial charge < -0.3 is 33.8 Å². The van der Waals surface area contributed by atoms with E-state index in [2.05, 4.69) is 48.5 Å². The van der Waals surface area contributed by atoms with Crippen LogP contribution in [0.3, 0.4) is 0 Å². The van der Waals surface area contributed by atoms with E-state index in [9.17, 15) is 43.2 Å². The lowest BCUT2D eigenvalue weighted by atomic mass is 10.0. The fraction of sp³-hybridized carbons (Fsp3) is 0.953. The second-order valence-corrected chi connectivity index (χ2v) is 34.9. The van der Waals surface area contributed by atoms with Gasteiger partial charge in [0.2, 0.25) is 0 Å². The lowest BCUT2D eigenvalue weighted by Gasteiger charge is -2.21. The van der Waals surface area contributed by atoms with Gasteiger partial charge in [-0.25, -0.2) is 9.13 Å². The summed E-state index contributed by atoms with van der Waals surface area (Å²) in [5, 5.41) is 10.7. The number of carbonyl (C=O) groups is 4. The molecule has 0 spiro atoms. The van der Waals surface area contributed by atoms with Gasteiger partial charge in [0, 0.05) is 25.7 Å². The van der Waals surface area contributed by atoms with Crippen LogP contribution in [0.5, 0.6) is 0 Å². The molecule has 0 heterocycles. The molecule has 0 amide bonds. The van der Waals surface area contributed by atoms with Gasteiger partial charge in [-0.15, -0.1) is 0 Å². The molecule has 0 saturated carbocycles. The molecule has 0 aliphatic heterocycles. The predicted molar refractivity (Wildman–Crippen MR) is 428 cm³/mol. The van der Waals surface area contributed by atoms with E-state index in [-0.39, 0.29) is 25.7 Å². The maximum Gasteiger partial charge on any atom is 0.472 e. The summed E-state index contributed by atoms with van der Waals surface area (Å²) in [5.41, 5.74) is 0. The Balaban J connectivity index is 5.26. The van der Waals surface area contributed by atoms with Crippen molar-refractivity contribution in [1.29, 1.82) is 0 Å². The average molecular weight is 1520 g/mol. The molecule has 17 nitrogen and oxygen atoms in total. The molecular formula is C85H166O17P2. The molecule has 618 valence electrons. The molecule has 3 N–H and O–H groups in total. The van der Waals surface area contributed by atoms with Crippen molar-refractivity contribution < 1.29 is 80.2 Å². The van der Waals surface area contributed by atoms with Crippen molar-refractivity contribution >= 4 is 39.5 Å². The van der Waals surface area contributed by atoms with E-state index in [0.29, 0.717) is 25.7 Å². The molecule has 0 aromatic rings. The van der Waals surface area contributed by atoms with Gasteiger partial charge >= 0.3 is 39.5 Å². The number of ether oxygens (including phenoxy) is 4. The Kier molecular flexibility index (Phi) is 73.7. The van der Waals surface area contributed by atoms with Gasteiger partial charge in [-0.3, -0.25) is 37.3 Å². The molecule has 0 aliphatic carbocycles. The third-order valence-corrected chi connectivity index (χ3v) is 21.8. The van der Waals surface area contributed by atoms with E-state index in [4.69, 9.17) is 37.0 Å². The summed E-state index contributed by atoms with van der Waals surface area (Å²) in [6.07, 6.45) is 65.1. The molecule has 0 aromatic carbocycles. The van der Waals surface area contributed by atoms with E-state index in [1.807, 2.05) is 0 Å². The molecule has 0 rings (SSSR count). The Bertz CT molecular complexity index is 2010. The van der Waals surface area contributed by atoms with Crippen molar-refractivity contribution in [3.05, 3.63) is 0 Å². The summed E-state index contributed by atoms with van der Waals surface area (Å²) in [5.74, 6) is 0.249. The van der Waals surface area contributed by atoms with Crippen LogP contribution in [0.15, 0.2) is 0 Å². The van der Waals surface area contributed by atoms with Crippen LogP contribution in [0.25, 0.3) is 0 Å². The Morgan fingerprint density at radius 2 is 0.442 bits per heavy atom. The molecular weight excluding hydrogens is 1350 g/mol. The standard InChI is InChI=1S/C85H166O17P2/c1-8-9-10-11-12-13-14-15-16-21-27-32-39-47-54-61-68-85(90)102-81(73-96-83(88)67-60-53-46-41-34-37-44-51-58-65-78(6)7)75-100-104(93,94)98-71-79(86)70-97-103(91,92)99-74-80(101-84(89)69-62-55-48-40-33-28-23-18-20-25-30-36-43-50-57-64-77(4)5)72-95-82(87)66-59-52-45-38-31-26-22-17-19-24-29-35-42-49-56-63-76(2)3/h76-81,86H,8-75H2,1-7H3,(H,91,92)(H,93,94)/t79-,80-,81-/m1/s1. The SMILES string of the molecule is CCCCCCCCCCCCCCCCCCC(=O)O[C@H](COC(=O)CCCCCCCCCCCC(C)C)COP(=O)(O)OC[C@H](O)COP(=O)(O)OC[C@@H](COC(=O)CCCCCCCCCCCCCCCCCC(C)C)OC(=O)CCCCCCCCCCCCCCCCCC(C)C. The average Bonchev–Trinajstić information content (AvgIpc) is 0.925. The first-order valence-electron chi connectivity index (χ1n) is 43.8. The van der Waals surface area contributed by atoms with Gasteiger partial charge in [0.1, 0.15) is 19.3 Å². The summed E-state index contributed by atoms with van der Waals surface area (Å²) in [7, 11) is -9.93. The maximum atomic E-state index is 13.1. The number of unbranched alkanes of at least 4 members (excludes halogenated alkanes) is 51. The Morgan fingerprint density at radius 1 is 0.260 bits per heavy atom. The van der Waals surface area contributed by atoms with Crippen LogP contribution >= 0.6 is 15.6 Å². The molecule has 0 radical (unpaired) electrons. The van der Waals surface area contributed by atoms with Gasteiger partial charge in [-0.2, -0.15) is 0 Å². The van der Waals surface area contributed by atoms with Crippen molar-refractivity contribution in [3.8, 4) is 0 Å². The maximum absolute atomic E-state index is 13.1. The number of hydrogen-bond acceptors (Lipinski definition) is 15. The molecule has 0 fully saturated rings. The molecule has 19 heteroatoms. The summed E-state index contributed by atoms with van der Waals surface area (Å²) in [6.45, 7) is 12.0. The van der Waals surface area contributed by atoms with E-state index >= 15 is 0 Å². The van der Waals surface area contributed by atoms with E-state index in [0.717, 1.165) is 108 Å². The predicted octanol–water partition coefficient (Wildman–Crippen LogP) is 25.7. The molecule has 104 heavy (non-hydrogen) atoms. The number of phosphoric acid groups is 2. The number of esters is 4. The first kappa shape index (κ1) is 102. The van der Waals surface area contributed by atoms with Crippen LogP contribution in [0.1, 0.15) is 447 Å². The Morgan fingerprint density at radius 3 is 0.654 bits per heavy atom. The largest absolute Gasteiger partial charge is 0.472 e. The number of phosphoric ester groups is 2. The minimum Gasteiger partial charge on any atom is -0.462 e. The second-order valence-electron chi connectivity index (χ2n) is 32.0. The highest BCUT2D eigenvalue weighted by molar-refractivity contribution is 7.47. The highest BCUT2D eigenvalue weighted by Crippen LogP contribution is 2.45. The fourth-order valence-electron chi connectivity index (χ4n) is 13.2. The normalized spacial score (nSPS) is 13.9. The van der Waals surface area contributed by atoms with Gasteiger partial charge in [-0.05, 0) is 43.4 Å². The van der Waals surface area contributed by atoms with Crippen molar-refractivity contribution in [2.75, 3.05) is 39.6 Å².